The Balaban J connectivity index is 1.77. The van der Waals surface area contributed by atoms with E-state index in [1.165, 1.54) is 0 Å². The highest BCUT2D eigenvalue weighted by Crippen LogP contribution is 2.20. The van der Waals surface area contributed by atoms with E-state index in [1.807, 2.05) is 55.5 Å². The van der Waals surface area contributed by atoms with E-state index in [2.05, 4.69) is 10.3 Å². The number of aromatic nitrogens is 1. The van der Waals surface area contributed by atoms with Gasteiger partial charge in [0.2, 0.25) is 15.9 Å². The maximum atomic E-state index is 12.5. The number of fused-ring (bicyclic) bond motifs is 1. The number of carbonyl (C=O) groups excluding carboxylic acids is 1. The van der Waals surface area contributed by atoms with Crippen molar-refractivity contribution < 1.29 is 13.2 Å². The summed E-state index contributed by atoms with van der Waals surface area (Å²) in [4.78, 5) is 16.8. The molecule has 0 aliphatic carbocycles. The molecular formula is C20H21N3O3S. The number of carbonyl (C=O) groups is 1. The average molecular weight is 383 g/mol. The molecule has 3 rings (SSSR count). The smallest absolute Gasteiger partial charge is 0.239 e. The van der Waals surface area contributed by atoms with E-state index in [4.69, 9.17) is 0 Å². The summed E-state index contributed by atoms with van der Waals surface area (Å²) in [5.41, 5.74) is 3.14. The minimum atomic E-state index is -3.55. The van der Waals surface area contributed by atoms with Crippen LogP contribution in [-0.4, -0.2) is 36.4 Å². The molecule has 0 fully saturated rings. The van der Waals surface area contributed by atoms with Crippen LogP contribution >= 0.6 is 0 Å². The third-order valence-corrected chi connectivity index (χ3v) is 5.37. The Kier molecular flexibility index (Phi) is 5.53. The van der Waals surface area contributed by atoms with Crippen molar-refractivity contribution in [2.45, 2.75) is 13.5 Å². The molecule has 1 heterocycles. The number of para-hydroxylation sites is 1. The zero-order chi connectivity index (χ0) is 19.4. The predicted molar refractivity (Wildman–Crippen MR) is 107 cm³/mol. The van der Waals surface area contributed by atoms with Crippen molar-refractivity contribution in [3.63, 3.8) is 0 Å². The molecule has 6 nitrogen and oxygen atoms in total. The lowest BCUT2D eigenvalue weighted by Gasteiger charge is -2.20. The molecule has 0 aliphatic heterocycles. The second-order valence-electron chi connectivity index (χ2n) is 6.45. The third kappa shape index (κ3) is 4.90. The van der Waals surface area contributed by atoms with Crippen molar-refractivity contribution in [2.75, 3.05) is 18.1 Å². The molecule has 27 heavy (non-hydrogen) atoms. The zero-order valence-corrected chi connectivity index (χ0v) is 16.0. The van der Waals surface area contributed by atoms with E-state index in [0.717, 1.165) is 27.1 Å². The van der Waals surface area contributed by atoms with Gasteiger partial charge >= 0.3 is 0 Å². The molecule has 0 bridgehead atoms. The highest BCUT2D eigenvalue weighted by molar-refractivity contribution is 7.88. The third-order valence-electron chi connectivity index (χ3n) is 4.18. The van der Waals surface area contributed by atoms with Gasteiger partial charge in [-0.25, -0.2) is 8.42 Å². The van der Waals surface area contributed by atoms with E-state index >= 15 is 0 Å². The van der Waals surface area contributed by atoms with Crippen LogP contribution in [0.2, 0.25) is 0 Å². The molecule has 0 radical (unpaired) electrons. The first-order valence-corrected chi connectivity index (χ1v) is 10.3. The van der Waals surface area contributed by atoms with E-state index in [1.54, 1.807) is 12.3 Å². The van der Waals surface area contributed by atoms with Crippen molar-refractivity contribution in [3.05, 3.63) is 71.9 Å². The van der Waals surface area contributed by atoms with Crippen LogP contribution in [0.15, 0.2) is 60.8 Å². The molecule has 0 atom stereocenters. The molecular weight excluding hydrogens is 362 g/mol. The van der Waals surface area contributed by atoms with Crippen LogP contribution < -0.4 is 5.32 Å². The molecule has 2 aromatic carbocycles. The maximum Gasteiger partial charge on any atom is 0.239 e. The standard InChI is InChI=1S/C20H21N3O3S/c1-15-8-10-16(11-9-15)13-23(27(2,25)26)14-19(24)22-18-7-3-5-17-6-4-12-21-20(17)18/h3-12H,13-14H2,1-2H3,(H,22,24). The van der Waals surface area contributed by atoms with Crippen LogP contribution in [0.4, 0.5) is 5.69 Å². The van der Waals surface area contributed by atoms with Gasteiger partial charge < -0.3 is 5.32 Å². The van der Waals surface area contributed by atoms with Crippen LogP contribution in [0.1, 0.15) is 11.1 Å². The van der Waals surface area contributed by atoms with Gasteiger partial charge in [0.25, 0.3) is 0 Å². The number of sulfonamides is 1. The van der Waals surface area contributed by atoms with Gasteiger partial charge in [-0.1, -0.05) is 48.0 Å². The number of nitrogens with one attached hydrogen (secondary N) is 1. The van der Waals surface area contributed by atoms with Gasteiger partial charge in [-0.3, -0.25) is 9.78 Å². The van der Waals surface area contributed by atoms with Crippen molar-refractivity contribution in [1.29, 1.82) is 0 Å². The quantitative estimate of drug-likeness (QED) is 0.710. The number of hydrogen-bond donors (Lipinski definition) is 1. The second kappa shape index (κ2) is 7.85. The number of benzene rings is 2. The van der Waals surface area contributed by atoms with Crippen LogP contribution in [0, 0.1) is 6.92 Å². The lowest BCUT2D eigenvalue weighted by molar-refractivity contribution is -0.116. The van der Waals surface area contributed by atoms with Gasteiger partial charge in [0.15, 0.2) is 0 Å². The Bertz CT molecular complexity index is 1060. The Hall–Kier alpha value is -2.77. The van der Waals surface area contributed by atoms with Crippen LogP contribution in [0.25, 0.3) is 10.9 Å². The monoisotopic (exact) mass is 383 g/mol. The fourth-order valence-corrected chi connectivity index (χ4v) is 3.48. The minimum absolute atomic E-state index is 0.139. The summed E-state index contributed by atoms with van der Waals surface area (Å²) < 4.78 is 25.4. The highest BCUT2D eigenvalue weighted by Gasteiger charge is 2.21. The predicted octanol–water partition coefficient (Wildman–Crippen LogP) is 2.94. The lowest BCUT2D eigenvalue weighted by atomic mass is 10.1. The molecule has 1 amide bonds. The Morgan fingerprint density at radius 1 is 1.07 bits per heavy atom. The molecule has 0 spiro atoms. The van der Waals surface area contributed by atoms with E-state index in [-0.39, 0.29) is 13.1 Å². The van der Waals surface area contributed by atoms with E-state index in [9.17, 15) is 13.2 Å². The topological polar surface area (TPSA) is 79.4 Å². The summed E-state index contributed by atoms with van der Waals surface area (Å²) in [5.74, 6) is -0.411. The molecule has 1 aromatic heterocycles. The number of nitrogens with zero attached hydrogens (tertiary/aromatic N) is 2. The lowest BCUT2D eigenvalue weighted by Crippen LogP contribution is -2.36. The van der Waals surface area contributed by atoms with Crippen molar-refractivity contribution >= 4 is 32.5 Å². The summed E-state index contributed by atoms with van der Waals surface area (Å²) in [6.45, 7) is 1.83. The SMILES string of the molecule is Cc1ccc(CN(CC(=O)Nc2cccc3cccnc23)S(C)(=O)=O)cc1. The Morgan fingerprint density at radius 3 is 2.48 bits per heavy atom. The van der Waals surface area contributed by atoms with E-state index in [0.29, 0.717) is 11.2 Å². The molecule has 140 valence electrons. The molecule has 3 aromatic rings. The van der Waals surface area contributed by atoms with Gasteiger partial charge in [0.1, 0.15) is 0 Å². The molecule has 7 heteroatoms. The summed E-state index contributed by atoms with van der Waals surface area (Å²) in [6, 6.07) is 16.7. The maximum absolute atomic E-state index is 12.5. The van der Waals surface area contributed by atoms with Gasteiger partial charge in [-0.05, 0) is 24.6 Å². The van der Waals surface area contributed by atoms with E-state index < -0.39 is 15.9 Å². The van der Waals surface area contributed by atoms with Crippen molar-refractivity contribution in [2.24, 2.45) is 0 Å². The van der Waals surface area contributed by atoms with Crippen LogP contribution in [0.5, 0.6) is 0 Å². The number of pyridine rings is 1. The number of aryl methyl sites for hydroxylation is 1. The first-order valence-electron chi connectivity index (χ1n) is 8.47. The number of hydrogen-bond acceptors (Lipinski definition) is 4. The van der Waals surface area contributed by atoms with Crippen LogP contribution in [-0.2, 0) is 21.4 Å². The van der Waals surface area contributed by atoms with Crippen molar-refractivity contribution in [1.82, 2.24) is 9.29 Å². The largest absolute Gasteiger partial charge is 0.323 e. The van der Waals surface area contributed by atoms with Gasteiger partial charge in [-0.2, -0.15) is 4.31 Å². The summed E-state index contributed by atoms with van der Waals surface area (Å²) in [5, 5.41) is 3.67. The highest BCUT2D eigenvalue weighted by atomic mass is 32.2. The summed E-state index contributed by atoms with van der Waals surface area (Å²) >= 11 is 0. The fourth-order valence-electron chi connectivity index (χ4n) is 2.74. The minimum Gasteiger partial charge on any atom is -0.323 e. The van der Waals surface area contributed by atoms with Crippen molar-refractivity contribution in [3.8, 4) is 0 Å². The number of rotatable bonds is 6. The Morgan fingerprint density at radius 2 is 1.78 bits per heavy atom. The first-order chi connectivity index (χ1) is 12.8. The molecule has 0 saturated heterocycles. The van der Waals surface area contributed by atoms with Gasteiger partial charge in [-0.15, -0.1) is 0 Å². The summed E-state index contributed by atoms with van der Waals surface area (Å²) in [7, 11) is -3.55. The molecule has 0 saturated carbocycles. The summed E-state index contributed by atoms with van der Waals surface area (Å²) in [6.07, 6.45) is 2.76. The average Bonchev–Trinajstić information content (AvgIpc) is 2.62. The molecule has 1 N–H and O–H groups in total. The number of amides is 1. The van der Waals surface area contributed by atoms with Gasteiger partial charge in [0.05, 0.1) is 24.0 Å². The van der Waals surface area contributed by atoms with Gasteiger partial charge in [0, 0.05) is 18.1 Å². The molecule has 0 unspecified atom stereocenters. The number of anilines is 1. The zero-order valence-electron chi connectivity index (χ0n) is 15.2. The Labute approximate surface area is 158 Å². The fraction of sp³-hybridized carbons (Fsp3) is 0.200. The first kappa shape index (κ1) is 19.0. The molecule has 0 aliphatic rings. The van der Waals surface area contributed by atoms with Crippen LogP contribution in [0.3, 0.4) is 0 Å². The second-order valence-corrected chi connectivity index (χ2v) is 8.43. The normalized spacial score (nSPS) is 11.7.